The summed E-state index contributed by atoms with van der Waals surface area (Å²) < 4.78 is 55.3. The van der Waals surface area contributed by atoms with Crippen molar-refractivity contribution in [2.75, 3.05) is 19.7 Å². The first-order chi connectivity index (χ1) is 18.7. The number of hydrogen-bond acceptors (Lipinski definition) is 7. The van der Waals surface area contributed by atoms with Crippen molar-refractivity contribution < 1.29 is 22.1 Å². The predicted octanol–water partition coefficient (Wildman–Crippen LogP) is 4.59. The number of aryl methyl sites for hydroxylation is 1. The van der Waals surface area contributed by atoms with Crippen LogP contribution in [0.25, 0.3) is 11.8 Å². The molecule has 1 aromatic carbocycles. The number of benzene rings is 1. The lowest BCUT2D eigenvalue weighted by molar-refractivity contribution is 0.0294. The van der Waals surface area contributed by atoms with E-state index in [9.17, 15) is 12.8 Å². The normalized spacial score (nSPS) is 19.4. The van der Waals surface area contributed by atoms with Gasteiger partial charge in [-0.25, -0.2) is 22.5 Å². The Morgan fingerprint density at radius 2 is 2.00 bits per heavy atom. The van der Waals surface area contributed by atoms with Gasteiger partial charge in [0.2, 0.25) is 10.0 Å². The quantitative estimate of drug-likeness (QED) is 0.300. The fraction of sp³-hybridized carbons (Fsp3) is 0.296. The van der Waals surface area contributed by atoms with Gasteiger partial charge in [0.05, 0.1) is 30.8 Å². The van der Waals surface area contributed by atoms with Crippen LogP contribution in [0.15, 0.2) is 69.8 Å². The third-order valence-corrected chi connectivity index (χ3v) is 9.28. The molecule has 0 radical (unpaired) electrons. The van der Waals surface area contributed by atoms with Crippen molar-refractivity contribution in [2.24, 2.45) is 5.41 Å². The molecule has 3 aromatic heterocycles. The van der Waals surface area contributed by atoms with Gasteiger partial charge >= 0.3 is 0 Å². The van der Waals surface area contributed by atoms with Gasteiger partial charge in [0, 0.05) is 30.8 Å². The average molecular weight is 570 g/mol. The zero-order valence-electron chi connectivity index (χ0n) is 21.0. The largest absolute Gasteiger partial charge is 0.374 e. The fourth-order valence-corrected chi connectivity index (χ4v) is 6.90. The molecule has 0 saturated carbocycles. The summed E-state index contributed by atoms with van der Waals surface area (Å²) in [5.41, 5.74) is 3.73. The van der Waals surface area contributed by atoms with Crippen molar-refractivity contribution in [1.82, 2.24) is 24.2 Å². The smallest absolute Gasteiger partial charge is 0.244 e. The minimum absolute atomic E-state index is 0.0918. The highest BCUT2D eigenvalue weighted by Crippen LogP contribution is 2.45. The lowest BCUT2D eigenvalue weighted by atomic mass is 9.69. The van der Waals surface area contributed by atoms with Crippen molar-refractivity contribution in [3.05, 3.63) is 94.1 Å². The molecule has 1 aliphatic heterocycles. The molecule has 0 amide bonds. The van der Waals surface area contributed by atoms with Gasteiger partial charge in [0.15, 0.2) is 0 Å². The summed E-state index contributed by atoms with van der Waals surface area (Å²) in [5.74, 6) is 0.371. The number of fused-ring (bicyclic) bond motifs is 2. The van der Waals surface area contributed by atoms with Gasteiger partial charge in [-0.15, -0.1) is 0 Å². The maximum absolute atomic E-state index is 13.6. The number of piperidine rings is 1. The van der Waals surface area contributed by atoms with E-state index in [1.165, 1.54) is 34.8 Å². The number of halogens is 2. The Balaban J connectivity index is 1.34. The van der Waals surface area contributed by atoms with Gasteiger partial charge in [-0.2, -0.15) is 9.40 Å². The van der Waals surface area contributed by atoms with Crippen LogP contribution in [-0.4, -0.2) is 52.3 Å². The number of sulfonamides is 1. The van der Waals surface area contributed by atoms with Crippen LogP contribution in [0.5, 0.6) is 0 Å². The summed E-state index contributed by atoms with van der Waals surface area (Å²) in [7, 11) is -3.81. The molecule has 4 heterocycles. The number of aromatic nitrogens is 4. The summed E-state index contributed by atoms with van der Waals surface area (Å²) in [6.07, 6.45) is 6.18. The lowest BCUT2D eigenvalue weighted by Gasteiger charge is -2.45. The monoisotopic (exact) mass is 569 g/mol. The number of nitrogens with zero attached hydrogens (tertiary/aromatic N) is 5. The van der Waals surface area contributed by atoms with Crippen molar-refractivity contribution in [3.63, 3.8) is 0 Å². The van der Waals surface area contributed by atoms with E-state index in [2.05, 4.69) is 21.3 Å². The molecular formula is C27H25ClFN5O4S. The highest BCUT2D eigenvalue weighted by atomic mass is 35.5. The summed E-state index contributed by atoms with van der Waals surface area (Å²) in [6, 6.07) is 10.9. The second-order valence-corrected chi connectivity index (χ2v) is 12.2. The number of ether oxygens (including phenoxy) is 1. The van der Waals surface area contributed by atoms with E-state index in [4.69, 9.17) is 20.9 Å². The van der Waals surface area contributed by atoms with Crippen LogP contribution in [0.2, 0.25) is 5.15 Å². The van der Waals surface area contributed by atoms with Crippen molar-refractivity contribution in [1.29, 1.82) is 0 Å². The van der Waals surface area contributed by atoms with Crippen LogP contribution in [0.3, 0.4) is 0 Å². The third-order valence-electron chi connectivity index (χ3n) is 7.23. The molecule has 12 heteroatoms. The van der Waals surface area contributed by atoms with Crippen LogP contribution in [0.1, 0.15) is 29.1 Å². The molecule has 1 aliphatic carbocycles. The van der Waals surface area contributed by atoms with Gasteiger partial charge in [-0.3, -0.25) is 0 Å². The van der Waals surface area contributed by atoms with E-state index in [-0.39, 0.29) is 35.6 Å². The Morgan fingerprint density at radius 3 is 2.72 bits per heavy atom. The lowest BCUT2D eigenvalue weighted by Crippen LogP contribution is -2.51. The molecule has 1 atom stereocenters. The number of rotatable bonds is 7. The second kappa shape index (κ2) is 9.98. The molecular weight excluding hydrogens is 545 g/mol. The molecule has 4 aromatic rings. The van der Waals surface area contributed by atoms with E-state index < -0.39 is 15.4 Å². The third kappa shape index (κ3) is 4.91. The van der Waals surface area contributed by atoms with Crippen LogP contribution >= 0.6 is 11.6 Å². The Morgan fingerprint density at radius 1 is 1.18 bits per heavy atom. The molecule has 39 heavy (non-hydrogen) atoms. The molecule has 2 aliphatic rings. The summed E-state index contributed by atoms with van der Waals surface area (Å²) in [6.45, 7) is 2.86. The molecule has 6 rings (SSSR count). The minimum atomic E-state index is -3.81. The van der Waals surface area contributed by atoms with Crippen LogP contribution in [0, 0.1) is 18.2 Å². The average Bonchev–Trinajstić information content (AvgIpc) is 3.53. The SMILES string of the molecule is Cc1cc(COCC23Cc4cnn(-c5ccc(F)cc5)c4C=C2CCN(S(=O)(=O)c2ccc(Cl)nc2)C3)no1. The van der Waals surface area contributed by atoms with E-state index in [0.29, 0.717) is 30.8 Å². The highest BCUT2D eigenvalue weighted by molar-refractivity contribution is 7.89. The summed E-state index contributed by atoms with van der Waals surface area (Å²) in [5, 5.41) is 8.80. The number of hydrogen-bond donors (Lipinski definition) is 0. The van der Waals surface area contributed by atoms with Crippen molar-refractivity contribution in [2.45, 2.75) is 31.3 Å². The van der Waals surface area contributed by atoms with Gasteiger partial charge in [-0.05, 0) is 67.8 Å². The Kier molecular flexibility index (Phi) is 6.62. The molecule has 0 bridgehead atoms. The van der Waals surface area contributed by atoms with Gasteiger partial charge in [0.25, 0.3) is 0 Å². The summed E-state index contributed by atoms with van der Waals surface area (Å²) in [4.78, 5) is 4.06. The fourth-order valence-electron chi connectivity index (χ4n) is 5.32. The van der Waals surface area contributed by atoms with E-state index in [0.717, 1.165) is 22.5 Å². The first-order valence-electron chi connectivity index (χ1n) is 12.4. The standard InChI is InChI=1S/C27H25ClFN5O4S/c1-18-10-22(32-38-18)15-37-17-27-12-19-13-31-34(23-4-2-21(29)3-5-23)25(19)11-20(27)8-9-33(16-27)39(35,36)24-6-7-26(28)30-14-24/h2-7,10-11,13-14H,8-9,12,15-17H2,1H3. The van der Waals surface area contributed by atoms with Gasteiger partial charge in [-0.1, -0.05) is 22.3 Å². The Hall–Kier alpha value is -3.38. The summed E-state index contributed by atoms with van der Waals surface area (Å²) >= 11 is 5.89. The zero-order chi connectivity index (χ0) is 27.2. The number of pyridine rings is 1. The maximum atomic E-state index is 13.6. The topological polar surface area (TPSA) is 103 Å². The Bertz CT molecular complexity index is 1650. The maximum Gasteiger partial charge on any atom is 0.244 e. The van der Waals surface area contributed by atoms with E-state index >= 15 is 0 Å². The molecule has 1 saturated heterocycles. The molecule has 1 fully saturated rings. The zero-order valence-corrected chi connectivity index (χ0v) is 22.6. The van der Waals surface area contributed by atoms with E-state index in [1.807, 2.05) is 13.0 Å². The van der Waals surface area contributed by atoms with Gasteiger partial charge < -0.3 is 9.26 Å². The van der Waals surface area contributed by atoms with Crippen LogP contribution in [0.4, 0.5) is 4.39 Å². The van der Waals surface area contributed by atoms with Crippen molar-refractivity contribution >= 4 is 27.7 Å². The minimum Gasteiger partial charge on any atom is -0.374 e. The Labute approximate surface area is 229 Å². The predicted molar refractivity (Wildman–Crippen MR) is 141 cm³/mol. The molecule has 1 unspecified atom stereocenters. The molecule has 0 N–H and O–H groups in total. The first kappa shape index (κ1) is 25.9. The molecule has 202 valence electrons. The highest BCUT2D eigenvalue weighted by Gasteiger charge is 2.46. The van der Waals surface area contributed by atoms with E-state index in [1.54, 1.807) is 23.0 Å². The van der Waals surface area contributed by atoms with Crippen LogP contribution < -0.4 is 0 Å². The molecule has 9 nitrogen and oxygen atoms in total. The van der Waals surface area contributed by atoms with Crippen LogP contribution in [-0.2, 0) is 27.8 Å². The second-order valence-electron chi connectivity index (χ2n) is 9.90. The van der Waals surface area contributed by atoms with Gasteiger partial charge in [0.1, 0.15) is 27.3 Å². The van der Waals surface area contributed by atoms with Crippen molar-refractivity contribution in [3.8, 4) is 5.69 Å². The molecule has 0 spiro atoms. The first-order valence-corrected chi connectivity index (χ1v) is 14.2.